The highest BCUT2D eigenvalue weighted by atomic mass is 32.2. The van der Waals surface area contributed by atoms with Gasteiger partial charge in [0.05, 0.1) is 5.04 Å². The third-order valence-electron chi connectivity index (χ3n) is 2.30. The standard InChI is InChI=1S/C10H14N2S2/c1-13-10-8-5-7(6-11)14-9(8)3-2-4-12-10/h5H,2-4,6,11H2,1H3. The molecule has 1 aromatic rings. The number of hydrogen-bond acceptors (Lipinski definition) is 4. The van der Waals surface area contributed by atoms with Gasteiger partial charge in [-0.25, -0.2) is 0 Å². The quantitative estimate of drug-likeness (QED) is 0.797. The Bertz CT molecular complexity index is 355. The average Bonchev–Trinajstić information content (AvgIpc) is 2.53. The zero-order valence-electron chi connectivity index (χ0n) is 8.25. The van der Waals surface area contributed by atoms with Crippen LogP contribution in [-0.2, 0) is 13.0 Å². The van der Waals surface area contributed by atoms with Gasteiger partial charge in [-0.05, 0) is 25.2 Å². The third-order valence-corrected chi connectivity index (χ3v) is 4.26. The highest BCUT2D eigenvalue weighted by molar-refractivity contribution is 8.13. The smallest absolute Gasteiger partial charge is 0.0985 e. The molecule has 0 amide bonds. The van der Waals surface area contributed by atoms with E-state index in [1.807, 2.05) is 11.3 Å². The summed E-state index contributed by atoms with van der Waals surface area (Å²) in [4.78, 5) is 7.32. The molecule has 0 radical (unpaired) electrons. The normalized spacial score (nSPS) is 16.0. The Morgan fingerprint density at radius 1 is 1.64 bits per heavy atom. The SMILES string of the molecule is CSC1=NCCCc2sc(CN)cc21. The lowest BCUT2D eigenvalue weighted by molar-refractivity contribution is 0.855. The summed E-state index contributed by atoms with van der Waals surface area (Å²) >= 11 is 3.59. The zero-order valence-corrected chi connectivity index (χ0v) is 9.88. The summed E-state index contributed by atoms with van der Waals surface area (Å²) in [5, 5.41) is 1.19. The largest absolute Gasteiger partial charge is 0.326 e. The minimum absolute atomic E-state index is 0.652. The molecule has 0 aromatic carbocycles. The van der Waals surface area contributed by atoms with Crippen LogP contribution in [0.15, 0.2) is 11.1 Å². The lowest BCUT2D eigenvalue weighted by Crippen LogP contribution is -1.95. The van der Waals surface area contributed by atoms with Crippen molar-refractivity contribution >= 4 is 28.1 Å². The zero-order chi connectivity index (χ0) is 9.97. The molecule has 2 rings (SSSR count). The van der Waals surface area contributed by atoms with Gasteiger partial charge in [-0.1, -0.05) is 0 Å². The van der Waals surface area contributed by atoms with Crippen molar-refractivity contribution in [2.24, 2.45) is 10.7 Å². The van der Waals surface area contributed by atoms with Crippen molar-refractivity contribution in [2.75, 3.05) is 12.8 Å². The molecule has 2 N–H and O–H groups in total. The lowest BCUT2D eigenvalue weighted by Gasteiger charge is -1.99. The minimum Gasteiger partial charge on any atom is -0.326 e. The van der Waals surface area contributed by atoms with E-state index in [4.69, 9.17) is 5.73 Å². The maximum atomic E-state index is 5.65. The van der Waals surface area contributed by atoms with Crippen LogP contribution >= 0.6 is 23.1 Å². The molecule has 0 aliphatic carbocycles. The summed E-state index contributed by atoms with van der Waals surface area (Å²) < 4.78 is 0. The fraction of sp³-hybridized carbons (Fsp3) is 0.500. The van der Waals surface area contributed by atoms with Crippen LogP contribution in [0.2, 0.25) is 0 Å². The Morgan fingerprint density at radius 2 is 2.50 bits per heavy atom. The molecule has 0 spiro atoms. The summed E-state index contributed by atoms with van der Waals surface area (Å²) in [6.07, 6.45) is 4.42. The first kappa shape index (κ1) is 10.2. The van der Waals surface area contributed by atoms with Crippen LogP contribution in [-0.4, -0.2) is 17.8 Å². The van der Waals surface area contributed by atoms with Crippen LogP contribution in [0.25, 0.3) is 0 Å². The molecule has 1 aromatic heterocycles. The summed E-state index contributed by atoms with van der Waals surface area (Å²) in [7, 11) is 0. The van der Waals surface area contributed by atoms with E-state index >= 15 is 0 Å². The Hall–Kier alpha value is -0.320. The van der Waals surface area contributed by atoms with Gasteiger partial charge in [-0.3, -0.25) is 4.99 Å². The van der Waals surface area contributed by atoms with Gasteiger partial charge in [0, 0.05) is 28.4 Å². The number of fused-ring (bicyclic) bond motifs is 1. The first-order valence-corrected chi connectivity index (χ1v) is 6.79. The van der Waals surface area contributed by atoms with Crippen LogP contribution in [0.1, 0.15) is 21.7 Å². The van der Waals surface area contributed by atoms with E-state index in [1.54, 1.807) is 11.8 Å². The van der Waals surface area contributed by atoms with Crippen LogP contribution in [0, 0.1) is 0 Å². The summed E-state index contributed by atoms with van der Waals surface area (Å²) in [5.74, 6) is 0. The van der Waals surface area contributed by atoms with Gasteiger partial charge >= 0.3 is 0 Å². The average molecular weight is 226 g/mol. The molecule has 14 heavy (non-hydrogen) atoms. The number of aryl methyl sites for hydroxylation is 1. The first-order valence-electron chi connectivity index (χ1n) is 4.75. The van der Waals surface area contributed by atoms with E-state index in [1.165, 1.54) is 26.8 Å². The van der Waals surface area contributed by atoms with E-state index < -0.39 is 0 Å². The summed E-state index contributed by atoms with van der Waals surface area (Å²) in [6.45, 7) is 1.62. The van der Waals surface area contributed by atoms with Crippen LogP contribution in [0.3, 0.4) is 0 Å². The van der Waals surface area contributed by atoms with Crippen molar-refractivity contribution in [2.45, 2.75) is 19.4 Å². The Labute approximate surface area is 92.6 Å². The number of nitrogens with two attached hydrogens (primary N) is 1. The predicted octanol–water partition coefficient (Wildman–Crippen LogP) is 2.26. The molecule has 0 unspecified atom stereocenters. The number of thioether (sulfide) groups is 1. The second-order valence-corrected chi connectivity index (χ2v) is 5.26. The highest BCUT2D eigenvalue weighted by Crippen LogP contribution is 2.28. The molecule has 1 aliphatic heterocycles. The highest BCUT2D eigenvalue weighted by Gasteiger charge is 2.15. The van der Waals surface area contributed by atoms with Crippen LogP contribution < -0.4 is 5.73 Å². The molecule has 0 saturated heterocycles. The van der Waals surface area contributed by atoms with Gasteiger partial charge in [-0.2, -0.15) is 0 Å². The second-order valence-electron chi connectivity index (χ2n) is 3.25. The van der Waals surface area contributed by atoms with E-state index in [9.17, 15) is 0 Å². The maximum absolute atomic E-state index is 5.65. The fourth-order valence-corrected chi connectivity index (χ4v) is 3.41. The second kappa shape index (κ2) is 4.47. The summed E-state index contributed by atoms with van der Waals surface area (Å²) in [6, 6.07) is 2.21. The number of hydrogen-bond donors (Lipinski definition) is 1. The van der Waals surface area contributed by atoms with Crippen LogP contribution in [0.5, 0.6) is 0 Å². The Balaban J connectivity index is 2.42. The molecule has 4 heteroatoms. The molecule has 2 heterocycles. The number of aliphatic imine (C=N–C) groups is 1. The van der Waals surface area contributed by atoms with E-state index in [0.717, 1.165) is 13.0 Å². The van der Waals surface area contributed by atoms with Gasteiger partial charge in [0.2, 0.25) is 0 Å². The molecule has 1 aliphatic rings. The molecule has 0 saturated carbocycles. The number of nitrogens with zero attached hydrogens (tertiary/aromatic N) is 1. The number of rotatable bonds is 1. The topological polar surface area (TPSA) is 38.4 Å². The van der Waals surface area contributed by atoms with Crippen molar-refractivity contribution in [3.63, 3.8) is 0 Å². The van der Waals surface area contributed by atoms with Gasteiger partial charge in [0.1, 0.15) is 0 Å². The van der Waals surface area contributed by atoms with Gasteiger partial charge in [0.25, 0.3) is 0 Å². The van der Waals surface area contributed by atoms with Gasteiger partial charge < -0.3 is 5.73 Å². The first-order chi connectivity index (χ1) is 6.85. The lowest BCUT2D eigenvalue weighted by atomic mass is 10.2. The van der Waals surface area contributed by atoms with E-state index in [0.29, 0.717) is 6.54 Å². The maximum Gasteiger partial charge on any atom is 0.0985 e. The molecule has 0 bridgehead atoms. The molecule has 2 nitrogen and oxygen atoms in total. The number of thiophene rings is 1. The third kappa shape index (κ3) is 1.87. The van der Waals surface area contributed by atoms with E-state index in [-0.39, 0.29) is 0 Å². The molecular formula is C10H14N2S2. The predicted molar refractivity (Wildman–Crippen MR) is 65.5 cm³/mol. The van der Waals surface area contributed by atoms with Crippen molar-refractivity contribution in [1.82, 2.24) is 0 Å². The van der Waals surface area contributed by atoms with Crippen molar-refractivity contribution in [3.05, 3.63) is 21.4 Å². The molecule has 76 valence electrons. The van der Waals surface area contributed by atoms with Gasteiger partial charge in [0.15, 0.2) is 0 Å². The molecule has 0 atom stereocenters. The Kier molecular flexibility index (Phi) is 3.26. The Morgan fingerprint density at radius 3 is 3.21 bits per heavy atom. The van der Waals surface area contributed by atoms with Crippen molar-refractivity contribution < 1.29 is 0 Å². The van der Waals surface area contributed by atoms with Crippen LogP contribution in [0.4, 0.5) is 0 Å². The fourth-order valence-electron chi connectivity index (χ4n) is 1.63. The summed E-state index contributed by atoms with van der Waals surface area (Å²) in [5.41, 5.74) is 6.99. The molecular weight excluding hydrogens is 212 g/mol. The van der Waals surface area contributed by atoms with Crippen molar-refractivity contribution in [1.29, 1.82) is 0 Å². The monoisotopic (exact) mass is 226 g/mol. The van der Waals surface area contributed by atoms with E-state index in [2.05, 4.69) is 17.3 Å². The minimum atomic E-state index is 0.652. The van der Waals surface area contributed by atoms with Crippen molar-refractivity contribution in [3.8, 4) is 0 Å². The molecule has 0 fully saturated rings. The van der Waals surface area contributed by atoms with Gasteiger partial charge in [-0.15, -0.1) is 23.1 Å².